The molecule has 2 heterocycles. The molecule has 3 rings (SSSR count). The number of nitrogens with one attached hydrogen (secondary N) is 1. The van der Waals surface area contributed by atoms with Crippen molar-refractivity contribution in [2.45, 2.75) is 19.4 Å². The summed E-state index contributed by atoms with van der Waals surface area (Å²) >= 11 is 0. The number of carbonyl (C=O) groups excluding carboxylic acids is 1. The molecule has 2 aliphatic rings. The minimum atomic E-state index is 0.169. The zero-order valence-corrected chi connectivity index (χ0v) is 15.3. The van der Waals surface area contributed by atoms with E-state index in [4.69, 9.17) is 9.47 Å². The number of benzene rings is 1. The summed E-state index contributed by atoms with van der Waals surface area (Å²) in [5.74, 6) is 2.12. The lowest BCUT2D eigenvalue weighted by molar-refractivity contribution is -0.137. The van der Waals surface area contributed by atoms with Gasteiger partial charge in [-0.3, -0.25) is 9.69 Å². The fourth-order valence-electron chi connectivity index (χ4n) is 3.66. The molecule has 0 radical (unpaired) electrons. The molecule has 2 saturated heterocycles. The van der Waals surface area contributed by atoms with Gasteiger partial charge in [0.25, 0.3) is 0 Å². The Kier molecular flexibility index (Phi) is 6.15. The van der Waals surface area contributed by atoms with Crippen LogP contribution >= 0.6 is 0 Å². The van der Waals surface area contributed by atoms with Crippen LogP contribution in [0.3, 0.4) is 0 Å². The first-order valence-electron chi connectivity index (χ1n) is 9.13. The second-order valence-electron chi connectivity index (χ2n) is 6.87. The van der Waals surface area contributed by atoms with Crippen molar-refractivity contribution in [1.82, 2.24) is 15.1 Å². The first-order chi connectivity index (χ1) is 12.2. The maximum absolute atomic E-state index is 12.6. The fourth-order valence-corrected chi connectivity index (χ4v) is 3.66. The predicted molar refractivity (Wildman–Crippen MR) is 97.0 cm³/mol. The second-order valence-corrected chi connectivity index (χ2v) is 6.87. The molecule has 0 saturated carbocycles. The number of rotatable bonds is 5. The Balaban J connectivity index is 1.53. The SMILES string of the molecule is COc1cc(CN2CCN(C(=O)C3CCCNC3)CC2)cc(OC)c1. The van der Waals surface area contributed by atoms with Gasteiger partial charge in [0.05, 0.1) is 20.1 Å². The lowest BCUT2D eigenvalue weighted by Crippen LogP contribution is -2.51. The fraction of sp³-hybridized carbons (Fsp3) is 0.632. The summed E-state index contributed by atoms with van der Waals surface area (Å²) in [6, 6.07) is 5.99. The van der Waals surface area contributed by atoms with E-state index in [1.54, 1.807) is 14.2 Å². The van der Waals surface area contributed by atoms with Gasteiger partial charge >= 0.3 is 0 Å². The van der Waals surface area contributed by atoms with Gasteiger partial charge in [0.1, 0.15) is 11.5 Å². The molecule has 0 spiro atoms. The summed E-state index contributed by atoms with van der Waals surface area (Å²) in [6.07, 6.45) is 2.13. The summed E-state index contributed by atoms with van der Waals surface area (Å²) in [5.41, 5.74) is 1.17. The largest absolute Gasteiger partial charge is 0.497 e. The Hall–Kier alpha value is -1.79. The van der Waals surface area contributed by atoms with Gasteiger partial charge in [0.2, 0.25) is 5.91 Å². The van der Waals surface area contributed by atoms with Crippen molar-refractivity contribution in [3.63, 3.8) is 0 Å². The normalized spacial score (nSPS) is 21.8. The molecule has 138 valence electrons. The van der Waals surface area contributed by atoms with E-state index in [1.807, 2.05) is 23.1 Å². The van der Waals surface area contributed by atoms with Crippen molar-refractivity contribution < 1.29 is 14.3 Å². The highest BCUT2D eigenvalue weighted by Gasteiger charge is 2.28. The quantitative estimate of drug-likeness (QED) is 0.871. The van der Waals surface area contributed by atoms with Crippen LogP contribution in [0.2, 0.25) is 0 Å². The number of piperazine rings is 1. The van der Waals surface area contributed by atoms with E-state index in [1.165, 1.54) is 5.56 Å². The maximum Gasteiger partial charge on any atom is 0.227 e. The van der Waals surface area contributed by atoms with Crippen LogP contribution in [0.5, 0.6) is 11.5 Å². The lowest BCUT2D eigenvalue weighted by Gasteiger charge is -2.37. The van der Waals surface area contributed by atoms with E-state index in [9.17, 15) is 4.79 Å². The molecule has 1 N–H and O–H groups in total. The molecule has 2 aliphatic heterocycles. The molecular weight excluding hydrogens is 318 g/mol. The average Bonchev–Trinajstić information content (AvgIpc) is 2.68. The van der Waals surface area contributed by atoms with Crippen molar-refractivity contribution in [3.8, 4) is 11.5 Å². The van der Waals surface area contributed by atoms with Crippen molar-refractivity contribution in [2.24, 2.45) is 5.92 Å². The van der Waals surface area contributed by atoms with E-state index in [0.717, 1.165) is 70.2 Å². The van der Waals surface area contributed by atoms with Crippen LogP contribution < -0.4 is 14.8 Å². The second kappa shape index (κ2) is 8.54. The minimum Gasteiger partial charge on any atom is -0.497 e. The maximum atomic E-state index is 12.6. The lowest BCUT2D eigenvalue weighted by atomic mass is 9.98. The standard InChI is InChI=1S/C19H29N3O3/c1-24-17-10-15(11-18(12-17)25-2)14-21-6-8-22(9-7-21)19(23)16-4-3-5-20-13-16/h10-12,16,20H,3-9,13-14H2,1-2H3. The third-order valence-electron chi connectivity index (χ3n) is 5.15. The Bertz CT molecular complexity index is 557. The molecule has 1 aromatic carbocycles. The number of piperidine rings is 1. The van der Waals surface area contributed by atoms with Gasteiger partial charge in [-0.1, -0.05) is 0 Å². The van der Waals surface area contributed by atoms with E-state index >= 15 is 0 Å². The number of methoxy groups -OCH3 is 2. The predicted octanol–water partition coefficient (Wildman–Crippen LogP) is 1.35. The van der Waals surface area contributed by atoms with Gasteiger partial charge < -0.3 is 19.7 Å². The van der Waals surface area contributed by atoms with Gasteiger partial charge in [0, 0.05) is 45.3 Å². The Morgan fingerprint density at radius 2 is 1.80 bits per heavy atom. The van der Waals surface area contributed by atoms with Gasteiger partial charge in [0.15, 0.2) is 0 Å². The van der Waals surface area contributed by atoms with Crippen LogP contribution in [0.15, 0.2) is 18.2 Å². The third kappa shape index (κ3) is 4.64. The van der Waals surface area contributed by atoms with Crippen LogP contribution in [-0.2, 0) is 11.3 Å². The number of carbonyl (C=O) groups is 1. The van der Waals surface area contributed by atoms with Crippen molar-refractivity contribution in [2.75, 3.05) is 53.5 Å². The van der Waals surface area contributed by atoms with Gasteiger partial charge in [-0.05, 0) is 37.1 Å². The molecular formula is C19H29N3O3. The van der Waals surface area contributed by atoms with Crippen LogP contribution in [0, 0.1) is 5.92 Å². The highest BCUT2D eigenvalue weighted by molar-refractivity contribution is 5.79. The Morgan fingerprint density at radius 1 is 1.12 bits per heavy atom. The van der Waals surface area contributed by atoms with Gasteiger partial charge in [-0.15, -0.1) is 0 Å². The average molecular weight is 347 g/mol. The molecule has 1 unspecified atom stereocenters. The molecule has 6 nitrogen and oxygen atoms in total. The van der Waals surface area contributed by atoms with Crippen LogP contribution in [0.25, 0.3) is 0 Å². The minimum absolute atomic E-state index is 0.169. The summed E-state index contributed by atoms with van der Waals surface area (Å²) < 4.78 is 10.7. The van der Waals surface area contributed by atoms with Gasteiger partial charge in [-0.25, -0.2) is 0 Å². The number of hydrogen-bond donors (Lipinski definition) is 1. The van der Waals surface area contributed by atoms with Crippen LogP contribution in [-0.4, -0.2) is 69.2 Å². The zero-order chi connectivity index (χ0) is 17.6. The van der Waals surface area contributed by atoms with E-state index < -0.39 is 0 Å². The molecule has 1 aromatic rings. The summed E-state index contributed by atoms with van der Waals surface area (Å²) in [7, 11) is 3.34. The summed E-state index contributed by atoms with van der Waals surface area (Å²) in [5, 5.41) is 3.34. The van der Waals surface area contributed by atoms with Crippen LogP contribution in [0.4, 0.5) is 0 Å². The summed E-state index contributed by atoms with van der Waals surface area (Å²) in [6.45, 7) is 6.18. The number of hydrogen-bond acceptors (Lipinski definition) is 5. The van der Waals surface area contributed by atoms with Crippen molar-refractivity contribution in [1.29, 1.82) is 0 Å². The summed E-state index contributed by atoms with van der Waals surface area (Å²) in [4.78, 5) is 17.0. The molecule has 1 atom stereocenters. The highest BCUT2D eigenvalue weighted by Crippen LogP contribution is 2.24. The smallest absolute Gasteiger partial charge is 0.227 e. The monoisotopic (exact) mass is 347 g/mol. The Morgan fingerprint density at radius 3 is 2.36 bits per heavy atom. The van der Waals surface area contributed by atoms with E-state index in [-0.39, 0.29) is 5.92 Å². The molecule has 0 aliphatic carbocycles. The molecule has 0 bridgehead atoms. The highest BCUT2D eigenvalue weighted by atomic mass is 16.5. The number of ether oxygens (including phenoxy) is 2. The molecule has 1 amide bonds. The molecule has 25 heavy (non-hydrogen) atoms. The zero-order valence-electron chi connectivity index (χ0n) is 15.3. The van der Waals surface area contributed by atoms with Crippen molar-refractivity contribution in [3.05, 3.63) is 23.8 Å². The molecule has 6 heteroatoms. The topological polar surface area (TPSA) is 54.0 Å². The first kappa shape index (κ1) is 18.0. The molecule has 0 aromatic heterocycles. The molecule has 2 fully saturated rings. The first-order valence-corrected chi connectivity index (χ1v) is 9.13. The number of nitrogens with zero attached hydrogens (tertiary/aromatic N) is 2. The number of amides is 1. The third-order valence-corrected chi connectivity index (χ3v) is 5.15. The van der Waals surface area contributed by atoms with Gasteiger partial charge in [-0.2, -0.15) is 0 Å². The van der Waals surface area contributed by atoms with E-state index in [2.05, 4.69) is 10.2 Å². The van der Waals surface area contributed by atoms with Crippen LogP contribution in [0.1, 0.15) is 18.4 Å². The van der Waals surface area contributed by atoms with E-state index in [0.29, 0.717) is 5.91 Å². The van der Waals surface area contributed by atoms with Crippen molar-refractivity contribution >= 4 is 5.91 Å². The Labute approximate surface area is 150 Å².